The summed E-state index contributed by atoms with van der Waals surface area (Å²) >= 11 is 5.54. The molecule has 0 saturated carbocycles. The maximum Gasteiger partial charge on any atom is 0.262 e. The first-order chi connectivity index (χ1) is 8.48. The van der Waals surface area contributed by atoms with Gasteiger partial charge in [0.2, 0.25) is 0 Å². The molecule has 1 N–H and O–H groups in total. The molecule has 0 amide bonds. The number of hydrogen-bond acceptors (Lipinski definition) is 3. The van der Waals surface area contributed by atoms with Crippen molar-refractivity contribution in [3.8, 4) is 0 Å². The third kappa shape index (κ3) is 3.62. The highest BCUT2D eigenvalue weighted by atomic mass is 32.5. The molecule has 0 aromatic heterocycles. The van der Waals surface area contributed by atoms with Crippen LogP contribution in [-0.4, -0.2) is 12.2 Å². The van der Waals surface area contributed by atoms with Crippen molar-refractivity contribution in [3.05, 3.63) is 35.9 Å². The topological polar surface area (TPSA) is 30.5 Å². The van der Waals surface area contributed by atoms with Gasteiger partial charge >= 0.3 is 0 Å². The molecule has 1 aliphatic heterocycles. The monoisotopic (exact) mass is 285 g/mol. The quantitative estimate of drug-likeness (QED) is 0.856. The molecule has 5 heteroatoms. The fraction of sp³-hybridized carbons (Fsp3) is 0.538. The molecule has 0 spiro atoms. The molecule has 1 aromatic carbocycles. The predicted octanol–water partition coefficient (Wildman–Crippen LogP) is 3.78. The van der Waals surface area contributed by atoms with E-state index in [2.05, 4.69) is 38.0 Å². The maximum atomic E-state index is 5.83. The number of benzene rings is 1. The van der Waals surface area contributed by atoms with E-state index in [1.165, 1.54) is 5.56 Å². The fourth-order valence-corrected chi connectivity index (χ4v) is 5.44. The summed E-state index contributed by atoms with van der Waals surface area (Å²) in [7, 11) is 0. The molecule has 1 aromatic rings. The second kappa shape index (κ2) is 5.81. The first kappa shape index (κ1) is 14.2. The lowest BCUT2D eigenvalue weighted by Gasteiger charge is -2.36. The molecule has 0 aliphatic carbocycles. The Balaban J connectivity index is 2.06. The Labute approximate surface area is 114 Å². The highest BCUT2D eigenvalue weighted by Gasteiger charge is 2.32. The average molecular weight is 285 g/mol. The molecule has 0 radical (unpaired) electrons. The number of nitrogens with one attached hydrogen (secondary N) is 1. The molecule has 0 bridgehead atoms. The molecule has 1 saturated heterocycles. The van der Waals surface area contributed by atoms with Crippen molar-refractivity contribution in [1.29, 1.82) is 0 Å². The van der Waals surface area contributed by atoms with Gasteiger partial charge in [0.05, 0.1) is 12.2 Å². The van der Waals surface area contributed by atoms with Gasteiger partial charge in [0.1, 0.15) is 0 Å². The molecule has 1 aliphatic rings. The van der Waals surface area contributed by atoms with Crippen LogP contribution in [-0.2, 0) is 20.9 Å². The minimum atomic E-state index is -2.36. The summed E-state index contributed by atoms with van der Waals surface area (Å²) in [5, 5.41) is 3.35. The minimum Gasteiger partial charge on any atom is -0.315 e. The van der Waals surface area contributed by atoms with E-state index in [1.807, 2.05) is 18.2 Å². The van der Waals surface area contributed by atoms with Crippen LogP contribution in [0.3, 0.4) is 0 Å². The number of hydrogen-bond donors (Lipinski definition) is 1. The van der Waals surface area contributed by atoms with Crippen LogP contribution >= 0.6 is 6.64 Å². The lowest BCUT2D eigenvalue weighted by atomic mass is 10.1. The van der Waals surface area contributed by atoms with Gasteiger partial charge in [-0.15, -0.1) is 0 Å². The zero-order valence-electron chi connectivity index (χ0n) is 11.0. The Morgan fingerprint density at radius 3 is 2.33 bits per heavy atom. The SMILES string of the molecule is C[C@H]1C[C@H](C)OP(=S)(N[C@H](C)c2ccccc2)O1. The average Bonchev–Trinajstić information content (AvgIpc) is 2.27. The summed E-state index contributed by atoms with van der Waals surface area (Å²) < 4.78 is 11.7. The lowest BCUT2D eigenvalue weighted by molar-refractivity contribution is 0.0652. The Morgan fingerprint density at radius 1 is 1.22 bits per heavy atom. The summed E-state index contributed by atoms with van der Waals surface area (Å²) in [6, 6.07) is 10.3. The van der Waals surface area contributed by atoms with Crippen LogP contribution < -0.4 is 5.09 Å². The van der Waals surface area contributed by atoms with Gasteiger partial charge in [-0.1, -0.05) is 30.3 Å². The predicted molar refractivity (Wildman–Crippen MR) is 78.0 cm³/mol. The van der Waals surface area contributed by atoms with Gasteiger partial charge in [-0.3, -0.25) is 0 Å². The zero-order valence-corrected chi connectivity index (χ0v) is 12.7. The third-order valence-corrected chi connectivity index (χ3v) is 5.76. The highest BCUT2D eigenvalue weighted by Crippen LogP contribution is 2.52. The molecular weight excluding hydrogens is 265 g/mol. The fourth-order valence-electron chi connectivity index (χ4n) is 2.17. The first-order valence-corrected chi connectivity index (χ1v) is 8.92. The molecular formula is C13H20NO2PS. The lowest BCUT2D eigenvalue weighted by Crippen LogP contribution is -2.30. The van der Waals surface area contributed by atoms with Crippen molar-refractivity contribution in [1.82, 2.24) is 5.09 Å². The smallest absolute Gasteiger partial charge is 0.262 e. The summed E-state index contributed by atoms with van der Waals surface area (Å²) in [6.07, 6.45) is 1.23. The van der Waals surface area contributed by atoms with E-state index in [0.29, 0.717) is 0 Å². The standard InChI is InChI=1S/C13H20NO2PS/c1-10-9-11(2)16-17(18,15-10)14-12(3)13-7-5-4-6-8-13/h4-8,10-12H,9H2,1-3H3,(H,14,18)/t10-,11-,12+/m0/s1. The van der Waals surface area contributed by atoms with Crippen molar-refractivity contribution >= 4 is 18.4 Å². The maximum absolute atomic E-state index is 5.83. The van der Waals surface area contributed by atoms with Crippen LogP contribution in [0, 0.1) is 0 Å². The van der Waals surface area contributed by atoms with Crippen LogP contribution in [0.2, 0.25) is 0 Å². The van der Waals surface area contributed by atoms with Gasteiger partial charge in [-0.05, 0) is 38.1 Å². The second-order valence-electron chi connectivity index (χ2n) is 4.83. The molecule has 2 rings (SSSR count). The summed E-state index contributed by atoms with van der Waals surface area (Å²) in [5.74, 6) is 0. The van der Waals surface area contributed by atoms with E-state index in [4.69, 9.17) is 20.9 Å². The minimum absolute atomic E-state index is 0.134. The van der Waals surface area contributed by atoms with Crippen molar-refractivity contribution in [2.24, 2.45) is 0 Å². The zero-order chi connectivity index (χ0) is 13.2. The third-order valence-electron chi connectivity index (χ3n) is 2.95. The largest absolute Gasteiger partial charge is 0.315 e. The normalized spacial score (nSPS) is 34.2. The van der Waals surface area contributed by atoms with Gasteiger partial charge in [0.25, 0.3) is 6.64 Å². The Bertz CT molecular complexity index is 426. The van der Waals surface area contributed by atoms with E-state index in [1.54, 1.807) is 0 Å². The first-order valence-electron chi connectivity index (χ1n) is 6.28. The Morgan fingerprint density at radius 2 is 1.78 bits per heavy atom. The van der Waals surface area contributed by atoms with Crippen LogP contribution in [0.25, 0.3) is 0 Å². The molecule has 1 heterocycles. The summed E-state index contributed by atoms with van der Waals surface area (Å²) in [4.78, 5) is 0. The van der Waals surface area contributed by atoms with Crippen LogP contribution in [0.15, 0.2) is 30.3 Å². The van der Waals surface area contributed by atoms with E-state index in [9.17, 15) is 0 Å². The van der Waals surface area contributed by atoms with E-state index in [-0.39, 0.29) is 18.2 Å². The molecule has 100 valence electrons. The summed E-state index contributed by atoms with van der Waals surface area (Å²) in [6.45, 7) is 3.82. The van der Waals surface area contributed by atoms with Gasteiger partial charge in [-0.25, -0.2) is 5.09 Å². The van der Waals surface area contributed by atoms with Crippen LogP contribution in [0.1, 0.15) is 38.8 Å². The van der Waals surface area contributed by atoms with E-state index in [0.717, 1.165) is 6.42 Å². The highest BCUT2D eigenvalue weighted by molar-refractivity contribution is 8.09. The van der Waals surface area contributed by atoms with Gasteiger partial charge < -0.3 is 9.05 Å². The van der Waals surface area contributed by atoms with Crippen molar-refractivity contribution in [2.75, 3.05) is 0 Å². The molecule has 3 atom stereocenters. The summed E-state index contributed by atoms with van der Waals surface area (Å²) in [5.41, 5.74) is 1.19. The van der Waals surface area contributed by atoms with Crippen molar-refractivity contribution in [3.63, 3.8) is 0 Å². The van der Waals surface area contributed by atoms with E-state index >= 15 is 0 Å². The van der Waals surface area contributed by atoms with Crippen LogP contribution in [0.5, 0.6) is 0 Å². The molecule has 1 fully saturated rings. The van der Waals surface area contributed by atoms with Gasteiger partial charge in [0.15, 0.2) is 0 Å². The molecule has 3 nitrogen and oxygen atoms in total. The van der Waals surface area contributed by atoms with Crippen molar-refractivity contribution in [2.45, 2.75) is 45.4 Å². The van der Waals surface area contributed by atoms with Crippen molar-refractivity contribution < 1.29 is 9.05 Å². The van der Waals surface area contributed by atoms with Gasteiger partial charge in [-0.2, -0.15) is 0 Å². The Hall–Kier alpha value is -0.250. The second-order valence-corrected chi connectivity index (χ2v) is 7.94. The molecule has 0 unspecified atom stereocenters. The number of rotatable bonds is 3. The van der Waals surface area contributed by atoms with E-state index < -0.39 is 6.64 Å². The molecule has 18 heavy (non-hydrogen) atoms. The van der Waals surface area contributed by atoms with Gasteiger partial charge in [0, 0.05) is 12.5 Å². The van der Waals surface area contributed by atoms with Crippen LogP contribution in [0.4, 0.5) is 0 Å². The Kier molecular flexibility index (Phi) is 4.57.